The summed E-state index contributed by atoms with van der Waals surface area (Å²) in [5, 5.41) is 14.7. The standard InChI is InChI=1S/C14H25N3OS/c1-4-13-16-12-7-5-6-11(14(12)19-13)15-8-10(18)9-17(2)3/h10-11,15,18H,4-9H2,1-3H3. The highest BCUT2D eigenvalue weighted by molar-refractivity contribution is 7.11. The van der Waals surface area contributed by atoms with Gasteiger partial charge >= 0.3 is 0 Å². The van der Waals surface area contributed by atoms with Gasteiger partial charge in [-0.15, -0.1) is 11.3 Å². The van der Waals surface area contributed by atoms with Crippen molar-refractivity contribution in [2.45, 2.75) is 44.8 Å². The third-order valence-corrected chi connectivity index (χ3v) is 4.83. The first kappa shape index (κ1) is 14.9. The van der Waals surface area contributed by atoms with Gasteiger partial charge in [-0.3, -0.25) is 0 Å². The van der Waals surface area contributed by atoms with Gasteiger partial charge in [0.15, 0.2) is 0 Å². The van der Waals surface area contributed by atoms with E-state index in [2.05, 4.69) is 12.2 Å². The monoisotopic (exact) mass is 283 g/mol. The van der Waals surface area contributed by atoms with Crippen LogP contribution in [-0.2, 0) is 12.8 Å². The Balaban J connectivity index is 1.93. The van der Waals surface area contributed by atoms with Crippen LogP contribution >= 0.6 is 11.3 Å². The zero-order valence-electron chi connectivity index (χ0n) is 12.1. The van der Waals surface area contributed by atoms with E-state index in [9.17, 15) is 5.11 Å². The van der Waals surface area contributed by atoms with E-state index in [1.807, 2.05) is 30.3 Å². The van der Waals surface area contributed by atoms with Crippen molar-refractivity contribution in [2.24, 2.45) is 0 Å². The Hall–Kier alpha value is -0.490. The summed E-state index contributed by atoms with van der Waals surface area (Å²) in [7, 11) is 3.97. The van der Waals surface area contributed by atoms with Crippen molar-refractivity contribution in [1.82, 2.24) is 15.2 Å². The van der Waals surface area contributed by atoms with E-state index >= 15 is 0 Å². The van der Waals surface area contributed by atoms with Gasteiger partial charge in [0.1, 0.15) is 0 Å². The van der Waals surface area contributed by atoms with Crippen LogP contribution in [0.5, 0.6) is 0 Å². The zero-order chi connectivity index (χ0) is 13.8. The van der Waals surface area contributed by atoms with E-state index in [4.69, 9.17) is 4.98 Å². The van der Waals surface area contributed by atoms with Crippen LogP contribution in [0.4, 0.5) is 0 Å². The average Bonchev–Trinajstić information content (AvgIpc) is 2.78. The molecule has 108 valence electrons. The van der Waals surface area contributed by atoms with E-state index < -0.39 is 0 Å². The van der Waals surface area contributed by atoms with Crippen molar-refractivity contribution >= 4 is 11.3 Å². The molecule has 2 N–H and O–H groups in total. The molecule has 1 aromatic rings. The van der Waals surface area contributed by atoms with Gasteiger partial charge < -0.3 is 15.3 Å². The van der Waals surface area contributed by atoms with E-state index in [1.165, 1.54) is 22.0 Å². The Morgan fingerprint density at radius 3 is 3.00 bits per heavy atom. The van der Waals surface area contributed by atoms with Gasteiger partial charge in [0, 0.05) is 24.0 Å². The minimum atomic E-state index is -0.307. The van der Waals surface area contributed by atoms with Crippen LogP contribution in [0.15, 0.2) is 0 Å². The number of hydrogen-bond acceptors (Lipinski definition) is 5. The number of thiazole rings is 1. The smallest absolute Gasteiger partial charge is 0.0928 e. The van der Waals surface area contributed by atoms with Gasteiger partial charge in [-0.1, -0.05) is 6.92 Å². The molecule has 0 bridgehead atoms. The normalized spacial score (nSPS) is 20.6. The first-order valence-electron chi connectivity index (χ1n) is 7.14. The molecule has 0 spiro atoms. The van der Waals surface area contributed by atoms with Crippen LogP contribution in [0.1, 0.15) is 41.4 Å². The van der Waals surface area contributed by atoms with Gasteiger partial charge in [-0.2, -0.15) is 0 Å². The molecular formula is C14H25N3OS. The zero-order valence-corrected chi connectivity index (χ0v) is 13.0. The molecule has 1 aliphatic carbocycles. The molecule has 0 aliphatic heterocycles. The van der Waals surface area contributed by atoms with Gasteiger partial charge in [-0.25, -0.2) is 4.98 Å². The lowest BCUT2D eigenvalue weighted by Crippen LogP contribution is -2.37. The van der Waals surface area contributed by atoms with Crippen LogP contribution in [0, 0.1) is 0 Å². The van der Waals surface area contributed by atoms with Crippen molar-refractivity contribution < 1.29 is 5.11 Å². The molecule has 5 heteroatoms. The molecule has 4 nitrogen and oxygen atoms in total. The van der Waals surface area contributed by atoms with Crippen LogP contribution in [0.25, 0.3) is 0 Å². The first-order chi connectivity index (χ1) is 9.10. The third-order valence-electron chi connectivity index (χ3n) is 3.47. The molecule has 19 heavy (non-hydrogen) atoms. The number of aliphatic hydroxyl groups excluding tert-OH is 1. The average molecular weight is 283 g/mol. The fourth-order valence-electron chi connectivity index (χ4n) is 2.58. The van der Waals surface area contributed by atoms with Crippen molar-refractivity contribution in [3.05, 3.63) is 15.6 Å². The summed E-state index contributed by atoms with van der Waals surface area (Å²) >= 11 is 1.84. The van der Waals surface area contributed by atoms with Crippen molar-refractivity contribution in [3.63, 3.8) is 0 Å². The third kappa shape index (κ3) is 3.99. The number of nitrogens with one attached hydrogen (secondary N) is 1. The van der Waals surface area contributed by atoms with E-state index in [-0.39, 0.29) is 6.10 Å². The Bertz CT molecular complexity index is 405. The van der Waals surface area contributed by atoms with Crippen molar-refractivity contribution in [3.8, 4) is 0 Å². The molecule has 2 unspecified atom stereocenters. The summed E-state index contributed by atoms with van der Waals surface area (Å²) in [6, 6.07) is 0.387. The number of aryl methyl sites for hydroxylation is 2. The summed E-state index contributed by atoms with van der Waals surface area (Å²) in [5.74, 6) is 0. The van der Waals surface area contributed by atoms with Gasteiger partial charge in [0.25, 0.3) is 0 Å². The fraction of sp³-hybridized carbons (Fsp3) is 0.786. The lowest BCUT2D eigenvalue weighted by Gasteiger charge is -2.24. The molecule has 2 atom stereocenters. The van der Waals surface area contributed by atoms with E-state index in [0.717, 1.165) is 19.3 Å². The first-order valence-corrected chi connectivity index (χ1v) is 7.96. The topological polar surface area (TPSA) is 48.4 Å². The molecule has 1 aliphatic rings. The number of aromatic nitrogens is 1. The molecule has 0 aromatic carbocycles. The van der Waals surface area contributed by atoms with Crippen molar-refractivity contribution in [1.29, 1.82) is 0 Å². The highest BCUT2D eigenvalue weighted by Gasteiger charge is 2.24. The highest BCUT2D eigenvalue weighted by atomic mass is 32.1. The number of fused-ring (bicyclic) bond motifs is 1. The SMILES string of the molecule is CCc1nc2c(s1)C(NCC(O)CN(C)C)CCC2. The van der Waals surface area contributed by atoms with Gasteiger partial charge in [0.2, 0.25) is 0 Å². The van der Waals surface area contributed by atoms with Crippen LogP contribution < -0.4 is 5.32 Å². The highest BCUT2D eigenvalue weighted by Crippen LogP contribution is 2.34. The second-order valence-electron chi connectivity index (χ2n) is 5.54. The predicted molar refractivity (Wildman–Crippen MR) is 79.7 cm³/mol. The maximum absolute atomic E-state index is 9.93. The molecule has 0 radical (unpaired) electrons. The second kappa shape index (κ2) is 6.79. The molecule has 1 heterocycles. The van der Waals surface area contributed by atoms with Crippen LogP contribution in [0.2, 0.25) is 0 Å². The van der Waals surface area contributed by atoms with E-state index in [0.29, 0.717) is 19.1 Å². The Morgan fingerprint density at radius 2 is 2.32 bits per heavy atom. The number of nitrogens with zero attached hydrogens (tertiary/aromatic N) is 2. The Morgan fingerprint density at radius 1 is 1.53 bits per heavy atom. The maximum Gasteiger partial charge on any atom is 0.0928 e. The minimum absolute atomic E-state index is 0.307. The largest absolute Gasteiger partial charge is 0.390 e. The van der Waals surface area contributed by atoms with Gasteiger partial charge in [0.05, 0.1) is 16.8 Å². The second-order valence-corrected chi connectivity index (χ2v) is 6.66. The van der Waals surface area contributed by atoms with E-state index in [1.54, 1.807) is 0 Å². The number of rotatable bonds is 6. The molecule has 2 rings (SSSR count). The lowest BCUT2D eigenvalue weighted by molar-refractivity contribution is 0.130. The fourth-order valence-corrected chi connectivity index (χ4v) is 3.74. The summed E-state index contributed by atoms with van der Waals surface area (Å²) < 4.78 is 0. The summed E-state index contributed by atoms with van der Waals surface area (Å²) in [4.78, 5) is 8.12. The summed E-state index contributed by atoms with van der Waals surface area (Å²) in [5.41, 5.74) is 1.28. The number of hydrogen-bond donors (Lipinski definition) is 2. The molecule has 0 saturated heterocycles. The molecule has 0 fully saturated rings. The molecule has 1 aromatic heterocycles. The van der Waals surface area contributed by atoms with Crippen LogP contribution in [0.3, 0.4) is 0 Å². The van der Waals surface area contributed by atoms with Crippen LogP contribution in [-0.4, -0.2) is 48.3 Å². The number of likely N-dealkylation sites (N-methyl/N-ethyl adjacent to an activating group) is 1. The molecular weight excluding hydrogens is 258 g/mol. The minimum Gasteiger partial charge on any atom is -0.390 e. The maximum atomic E-state index is 9.93. The Kier molecular flexibility index (Phi) is 5.33. The van der Waals surface area contributed by atoms with Crippen molar-refractivity contribution in [2.75, 3.05) is 27.2 Å². The van der Waals surface area contributed by atoms with Gasteiger partial charge in [-0.05, 0) is 39.8 Å². The molecule has 0 amide bonds. The summed E-state index contributed by atoms with van der Waals surface area (Å²) in [6.45, 7) is 3.52. The Labute approximate surface area is 119 Å². The quantitative estimate of drug-likeness (QED) is 0.832. The lowest BCUT2D eigenvalue weighted by atomic mass is 9.98. The predicted octanol–water partition coefficient (Wildman–Crippen LogP) is 1.59. The number of aliphatic hydroxyl groups is 1. The molecule has 0 saturated carbocycles. The summed E-state index contributed by atoms with van der Waals surface area (Å²) in [6.07, 6.45) is 4.19.